The standard InChI is InChI=1S/C3H7NO4S/c4-1-3(5)2-9(6,7)8/h3,5H,1-2H2,(H,6,7,8). The molecule has 0 aromatic heterocycles. The lowest BCUT2D eigenvalue weighted by Crippen LogP contribution is -2.24. The lowest BCUT2D eigenvalue weighted by molar-refractivity contribution is 0.201. The summed E-state index contributed by atoms with van der Waals surface area (Å²) >= 11 is 0. The average Bonchev–Trinajstić information content (AvgIpc) is 1.62. The van der Waals surface area contributed by atoms with Crippen LogP contribution >= 0.6 is 0 Å². The Balaban J connectivity index is 3.75. The highest BCUT2D eigenvalue weighted by Crippen LogP contribution is 1.87. The van der Waals surface area contributed by atoms with Gasteiger partial charge in [0.05, 0.1) is 12.6 Å². The van der Waals surface area contributed by atoms with Gasteiger partial charge in [-0.15, -0.1) is 5.73 Å². The van der Waals surface area contributed by atoms with Gasteiger partial charge >= 0.3 is 0 Å². The summed E-state index contributed by atoms with van der Waals surface area (Å²) in [5.41, 5.74) is 8.07. The number of aliphatic hydroxyl groups is 1. The first kappa shape index (κ1) is 8.83. The second-order valence-electron chi connectivity index (χ2n) is 1.58. The number of rotatable bonds is 3. The zero-order valence-corrected chi connectivity index (χ0v) is 5.37. The summed E-state index contributed by atoms with van der Waals surface area (Å²) in [6, 6.07) is 0. The fraction of sp³-hybridized carbons (Fsp3) is 1.00. The van der Waals surface area contributed by atoms with Gasteiger partial charge in [-0.2, -0.15) is 8.42 Å². The van der Waals surface area contributed by atoms with Gasteiger partial charge in [0, 0.05) is 0 Å². The maximum atomic E-state index is 9.88. The smallest absolute Gasteiger partial charge is 0.267 e. The first-order valence-electron chi connectivity index (χ1n) is 2.20. The minimum absolute atomic E-state index is 0.667. The number of hydrogen-bond donors (Lipinski definition) is 2. The van der Waals surface area contributed by atoms with Gasteiger partial charge in [0.15, 0.2) is 0 Å². The molecular weight excluding hydrogens is 146 g/mol. The third-order valence-corrected chi connectivity index (χ3v) is 1.42. The Kier molecular flexibility index (Phi) is 3.06. The van der Waals surface area contributed by atoms with Crippen LogP contribution in [0.4, 0.5) is 0 Å². The molecule has 0 amide bonds. The molecule has 0 spiro atoms. The molecule has 1 atom stereocenters. The van der Waals surface area contributed by atoms with E-state index in [9.17, 15) is 8.42 Å². The maximum absolute atomic E-state index is 9.88. The topological polar surface area (TPSA) is 96.9 Å². The van der Waals surface area contributed by atoms with Gasteiger partial charge in [-0.3, -0.25) is 4.55 Å². The van der Waals surface area contributed by atoms with Crippen molar-refractivity contribution in [1.29, 1.82) is 0 Å². The first-order valence-corrected chi connectivity index (χ1v) is 3.80. The predicted molar refractivity (Wildman–Crippen MR) is 29.4 cm³/mol. The molecule has 0 heterocycles. The number of aliphatic hydroxyl groups excluding tert-OH is 1. The van der Waals surface area contributed by atoms with E-state index in [0.717, 1.165) is 0 Å². The Morgan fingerprint density at radius 1 is 1.56 bits per heavy atom. The molecule has 54 valence electrons. The fourth-order valence-corrected chi connectivity index (χ4v) is 0.887. The predicted octanol–water partition coefficient (Wildman–Crippen LogP) is -1.70. The molecule has 0 rings (SSSR count). The summed E-state index contributed by atoms with van der Waals surface area (Å²) < 4.78 is 27.8. The molecule has 0 aromatic rings. The average molecular weight is 153 g/mol. The van der Waals surface area contributed by atoms with E-state index in [-0.39, 0.29) is 0 Å². The minimum Gasteiger partial charge on any atom is -0.391 e. The van der Waals surface area contributed by atoms with Gasteiger partial charge in [-0.1, -0.05) is 0 Å². The molecular formula is C3H7NO4S. The van der Waals surface area contributed by atoms with Crippen LogP contribution in [0.25, 0.3) is 0 Å². The second kappa shape index (κ2) is 3.11. The van der Waals surface area contributed by atoms with Crippen LogP contribution in [0, 0.1) is 0 Å². The Labute approximate surface area is 53.2 Å². The number of hydrogen-bond acceptors (Lipinski definition) is 3. The second-order valence-corrected chi connectivity index (χ2v) is 3.08. The molecule has 0 saturated heterocycles. The first-order chi connectivity index (χ1) is 3.95. The minimum atomic E-state index is -4.15. The van der Waals surface area contributed by atoms with Crippen LogP contribution in [0.3, 0.4) is 0 Å². The summed E-state index contributed by atoms with van der Waals surface area (Å²) in [7, 11) is -4.15. The molecule has 0 aromatic carbocycles. The highest BCUT2D eigenvalue weighted by atomic mass is 32.2. The van der Waals surface area contributed by atoms with E-state index in [1.165, 1.54) is 0 Å². The molecule has 2 N–H and O–H groups in total. The summed E-state index contributed by atoms with van der Waals surface area (Å²) in [5, 5.41) is 8.40. The molecule has 2 radical (unpaired) electrons. The van der Waals surface area contributed by atoms with Crippen LogP contribution in [-0.4, -0.2) is 36.5 Å². The van der Waals surface area contributed by atoms with Crippen LogP contribution < -0.4 is 5.73 Å². The molecule has 5 nitrogen and oxygen atoms in total. The van der Waals surface area contributed by atoms with Crippen molar-refractivity contribution in [2.24, 2.45) is 0 Å². The van der Waals surface area contributed by atoms with E-state index >= 15 is 0 Å². The van der Waals surface area contributed by atoms with Crippen molar-refractivity contribution in [3.63, 3.8) is 0 Å². The summed E-state index contributed by atoms with van der Waals surface area (Å²) in [6.07, 6.45) is -1.39. The molecule has 0 fully saturated rings. The van der Waals surface area contributed by atoms with E-state index in [0.29, 0.717) is 0 Å². The van der Waals surface area contributed by atoms with E-state index < -0.39 is 28.5 Å². The van der Waals surface area contributed by atoms with Gasteiger partial charge in [0.1, 0.15) is 5.75 Å². The van der Waals surface area contributed by atoms with E-state index in [1.807, 2.05) is 0 Å². The van der Waals surface area contributed by atoms with Crippen LogP contribution in [-0.2, 0) is 10.1 Å². The fourth-order valence-electron chi connectivity index (χ4n) is 0.296. The van der Waals surface area contributed by atoms with E-state index in [4.69, 9.17) is 15.4 Å². The number of nitrogens with zero attached hydrogens (tertiary/aromatic N) is 1. The zero-order valence-electron chi connectivity index (χ0n) is 4.56. The summed E-state index contributed by atoms with van der Waals surface area (Å²) in [4.78, 5) is 0. The van der Waals surface area contributed by atoms with E-state index in [1.54, 1.807) is 0 Å². The summed E-state index contributed by atoms with van der Waals surface area (Å²) in [6.45, 7) is -0.667. The monoisotopic (exact) mass is 153 g/mol. The third kappa shape index (κ3) is 5.71. The van der Waals surface area contributed by atoms with Crippen molar-refractivity contribution >= 4 is 10.1 Å². The van der Waals surface area contributed by atoms with Crippen LogP contribution in [0.15, 0.2) is 0 Å². The van der Waals surface area contributed by atoms with Crippen molar-refractivity contribution in [2.75, 3.05) is 12.3 Å². The SMILES string of the molecule is [N]CC(O)CS(=O)(=O)O. The Morgan fingerprint density at radius 3 is 2.11 bits per heavy atom. The quantitative estimate of drug-likeness (QED) is 0.472. The normalized spacial score (nSPS) is 15.4. The lowest BCUT2D eigenvalue weighted by Gasteiger charge is -2.00. The molecule has 0 aliphatic carbocycles. The third-order valence-electron chi connectivity index (χ3n) is 0.614. The highest BCUT2D eigenvalue weighted by Gasteiger charge is 2.11. The largest absolute Gasteiger partial charge is 0.391 e. The molecule has 1 unspecified atom stereocenters. The van der Waals surface area contributed by atoms with Crippen molar-refractivity contribution in [1.82, 2.24) is 5.73 Å². The van der Waals surface area contributed by atoms with Gasteiger partial charge in [0.25, 0.3) is 10.1 Å². The Hall–Kier alpha value is -0.170. The molecule has 0 aliphatic rings. The molecule has 0 aliphatic heterocycles. The maximum Gasteiger partial charge on any atom is 0.267 e. The van der Waals surface area contributed by atoms with Crippen molar-refractivity contribution in [3.8, 4) is 0 Å². The van der Waals surface area contributed by atoms with Gasteiger partial charge in [0.2, 0.25) is 0 Å². The Bertz CT molecular complexity index is 163. The lowest BCUT2D eigenvalue weighted by atomic mass is 10.4. The van der Waals surface area contributed by atoms with Gasteiger partial charge in [-0.25, -0.2) is 0 Å². The van der Waals surface area contributed by atoms with Gasteiger partial charge < -0.3 is 5.11 Å². The van der Waals surface area contributed by atoms with Crippen LogP contribution in [0.5, 0.6) is 0 Å². The Morgan fingerprint density at radius 2 is 2.00 bits per heavy atom. The van der Waals surface area contributed by atoms with Crippen molar-refractivity contribution in [3.05, 3.63) is 0 Å². The van der Waals surface area contributed by atoms with Crippen LogP contribution in [0.1, 0.15) is 0 Å². The highest BCUT2D eigenvalue weighted by molar-refractivity contribution is 7.85. The van der Waals surface area contributed by atoms with Crippen molar-refractivity contribution < 1.29 is 18.1 Å². The van der Waals surface area contributed by atoms with Crippen molar-refractivity contribution in [2.45, 2.75) is 6.10 Å². The van der Waals surface area contributed by atoms with E-state index in [2.05, 4.69) is 0 Å². The molecule has 0 bridgehead atoms. The summed E-state index contributed by atoms with van der Waals surface area (Å²) in [5.74, 6) is -0.816. The zero-order chi connectivity index (χ0) is 7.49. The van der Waals surface area contributed by atoms with Crippen LogP contribution in [0.2, 0.25) is 0 Å². The molecule has 9 heavy (non-hydrogen) atoms. The molecule has 6 heteroatoms. The molecule has 0 saturated carbocycles. The van der Waals surface area contributed by atoms with Gasteiger partial charge in [-0.05, 0) is 0 Å².